The van der Waals surface area contributed by atoms with Crippen molar-refractivity contribution in [1.29, 1.82) is 0 Å². The second kappa shape index (κ2) is 5.69. The van der Waals surface area contributed by atoms with Crippen LogP contribution in [-0.2, 0) is 6.54 Å². The summed E-state index contributed by atoms with van der Waals surface area (Å²) in [6.07, 6.45) is 0. The smallest absolute Gasteiger partial charge is 0.130 e. The average molecular weight is 241 g/mol. The Bertz CT molecular complexity index is 534. The van der Waals surface area contributed by atoms with Crippen LogP contribution in [0.1, 0.15) is 16.7 Å². The zero-order valence-electron chi connectivity index (χ0n) is 11.2. The highest BCUT2D eigenvalue weighted by molar-refractivity contribution is 5.40. The van der Waals surface area contributed by atoms with E-state index in [0.717, 1.165) is 23.6 Å². The monoisotopic (exact) mass is 241 g/mol. The molecule has 0 saturated carbocycles. The van der Waals surface area contributed by atoms with Gasteiger partial charge in [-0.25, -0.2) is 0 Å². The maximum absolute atomic E-state index is 5.92. The van der Waals surface area contributed by atoms with E-state index in [9.17, 15) is 0 Å². The van der Waals surface area contributed by atoms with Gasteiger partial charge in [-0.05, 0) is 50.2 Å². The molecule has 2 heteroatoms. The lowest BCUT2D eigenvalue weighted by molar-refractivity contribution is 0.478. The number of benzene rings is 2. The van der Waals surface area contributed by atoms with Gasteiger partial charge >= 0.3 is 0 Å². The lowest BCUT2D eigenvalue weighted by Crippen LogP contribution is -2.04. The van der Waals surface area contributed by atoms with E-state index in [2.05, 4.69) is 43.4 Å². The van der Waals surface area contributed by atoms with Gasteiger partial charge in [0.25, 0.3) is 0 Å². The molecule has 1 N–H and O–H groups in total. The summed E-state index contributed by atoms with van der Waals surface area (Å²) in [6.45, 7) is 5.01. The van der Waals surface area contributed by atoms with Crippen LogP contribution in [0.2, 0.25) is 0 Å². The van der Waals surface area contributed by atoms with Crippen molar-refractivity contribution in [1.82, 2.24) is 5.32 Å². The lowest BCUT2D eigenvalue weighted by Gasteiger charge is -2.10. The summed E-state index contributed by atoms with van der Waals surface area (Å²) in [5.41, 5.74) is 3.64. The molecule has 94 valence electrons. The van der Waals surface area contributed by atoms with Crippen molar-refractivity contribution in [3.63, 3.8) is 0 Å². The minimum atomic E-state index is 0.851. The van der Waals surface area contributed by atoms with Gasteiger partial charge in [-0.15, -0.1) is 0 Å². The van der Waals surface area contributed by atoms with Crippen LogP contribution in [0.5, 0.6) is 11.5 Å². The molecule has 2 aromatic carbocycles. The molecule has 0 bridgehead atoms. The minimum absolute atomic E-state index is 0.851. The van der Waals surface area contributed by atoms with Gasteiger partial charge in [0.1, 0.15) is 11.5 Å². The highest BCUT2D eigenvalue weighted by Crippen LogP contribution is 2.26. The molecule has 18 heavy (non-hydrogen) atoms. The number of hydrogen-bond acceptors (Lipinski definition) is 2. The number of nitrogens with one attached hydrogen (secondary N) is 1. The van der Waals surface area contributed by atoms with Crippen LogP contribution < -0.4 is 10.1 Å². The Morgan fingerprint density at radius 3 is 2.61 bits per heavy atom. The molecule has 2 nitrogen and oxygen atoms in total. The fourth-order valence-electron chi connectivity index (χ4n) is 1.96. The molecular weight excluding hydrogens is 222 g/mol. The van der Waals surface area contributed by atoms with Crippen molar-refractivity contribution >= 4 is 0 Å². The van der Waals surface area contributed by atoms with Gasteiger partial charge in [0.15, 0.2) is 0 Å². The van der Waals surface area contributed by atoms with E-state index < -0.39 is 0 Å². The molecule has 0 amide bonds. The molecule has 0 aliphatic heterocycles. The fraction of sp³-hybridized carbons (Fsp3) is 0.250. The summed E-state index contributed by atoms with van der Waals surface area (Å²) in [5.74, 6) is 1.80. The van der Waals surface area contributed by atoms with Gasteiger partial charge in [-0.1, -0.05) is 29.8 Å². The quantitative estimate of drug-likeness (QED) is 0.878. The van der Waals surface area contributed by atoms with Crippen LogP contribution in [0.4, 0.5) is 0 Å². The second-order valence-corrected chi connectivity index (χ2v) is 4.55. The molecular formula is C16H19NO. The van der Waals surface area contributed by atoms with Crippen LogP contribution >= 0.6 is 0 Å². The van der Waals surface area contributed by atoms with Crippen LogP contribution in [0.3, 0.4) is 0 Å². The van der Waals surface area contributed by atoms with E-state index in [1.807, 2.05) is 25.2 Å². The van der Waals surface area contributed by atoms with Gasteiger partial charge in [0, 0.05) is 6.54 Å². The molecule has 0 heterocycles. The van der Waals surface area contributed by atoms with Crippen LogP contribution in [0.25, 0.3) is 0 Å². The predicted molar refractivity (Wildman–Crippen MR) is 75.2 cm³/mol. The van der Waals surface area contributed by atoms with Crippen molar-refractivity contribution in [2.24, 2.45) is 0 Å². The SMILES string of the molecule is CNCc1cccc(Oc2ccc(C)cc2C)c1. The van der Waals surface area contributed by atoms with E-state index in [-0.39, 0.29) is 0 Å². The third kappa shape index (κ3) is 3.11. The van der Waals surface area contributed by atoms with E-state index in [0.29, 0.717) is 0 Å². The van der Waals surface area contributed by atoms with E-state index in [1.54, 1.807) is 0 Å². The molecule has 0 saturated heterocycles. The normalized spacial score (nSPS) is 10.4. The van der Waals surface area contributed by atoms with Crippen molar-refractivity contribution in [2.45, 2.75) is 20.4 Å². The first kappa shape index (κ1) is 12.7. The summed E-state index contributed by atoms with van der Waals surface area (Å²) >= 11 is 0. The largest absolute Gasteiger partial charge is 0.457 e. The number of rotatable bonds is 4. The Morgan fingerprint density at radius 1 is 1.06 bits per heavy atom. The van der Waals surface area contributed by atoms with Crippen molar-refractivity contribution in [3.8, 4) is 11.5 Å². The first-order valence-electron chi connectivity index (χ1n) is 6.17. The molecule has 0 aliphatic carbocycles. The van der Waals surface area contributed by atoms with Crippen molar-refractivity contribution in [3.05, 3.63) is 59.2 Å². The number of ether oxygens (including phenoxy) is 1. The van der Waals surface area contributed by atoms with Crippen LogP contribution in [0, 0.1) is 13.8 Å². The summed E-state index contributed by atoms with van der Waals surface area (Å²) < 4.78 is 5.92. The Kier molecular flexibility index (Phi) is 4.00. The second-order valence-electron chi connectivity index (χ2n) is 4.55. The van der Waals surface area contributed by atoms with Crippen LogP contribution in [-0.4, -0.2) is 7.05 Å². The zero-order valence-corrected chi connectivity index (χ0v) is 11.2. The van der Waals surface area contributed by atoms with Crippen molar-refractivity contribution in [2.75, 3.05) is 7.05 Å². The maximum atomic E-state index is 5.92. The molecule has 0 atom stereocenters. The Labute approximate surface area is 109 Å². The standard InChI is InChI=1S/C16H19NO/c1-12-7-8-16(13(2)9-12)18-15-6-4-5-14(10-15)11-17-3/h4-10,17H,11H2,1-3H3. The third-order valence-electron chi connectivity index (χ3n) is 2.84. The predicted octanol–water partition coefficient (Wildman–Crippen LogP) is 3.82. The number of aryl methyl sites for hydroxylation is 2. The van der Waals surface area contributed by atoms with E-state index in [4.69, 9.17) is 4.74 Å². The van der Waals surface area contributed by atoms with Gasteiger partial charge < -0.3 is 10.1 Å². The average Bonchev–Trinajstić information content (AvgIpc) is 2.34. The minimum Gasteiger partial charge on any atom is -0.457 e. The van der Waals surface area contributed by atoms with Gasteiger partial charge in [0.05, 0.1) is 0 Å². The highest BCUT2D eigenvalue weighted by Gasteiger charge is 2.02. The third-order valence-corrected chi connectivity index (χ3v) is 2.84. The molecule has 0 aliphatic rings. The lowest BCUT2D eigenvalue weighted by atomic mass is 10.1. The molecule has 0 radical (unpaired) electrons. The molecule has 2 rings (SSSR count). The molecule has 2 aromatic rings. The summed E-state index contributed by atoms with van der Waals surface area (Å²) in [5, 5.41) is 3.14. The molecule has 0 unspecified atom stereocenters. The van der Waals surface area contributed by atoms with Gasteiger partial charge in [-0.3, -0.25) is 0 Å². The molecule has 0 spiro atoms. The molecule has 0 aromatic heterocycles. The Hall–Kier alpha value is -1.80. The summed E-state index contributed by atoms with van der Waals surface area (Å²) in [6, 6.07) is 14.4. The van der Waals surface area contributed by atoms with Crippen LogP contribution in [0.15, 0.2) is 42.5 Å². The highest BCUT2D eigenvalue weighted by atomic mass is 16.5. The summed E-state index contributed by atoms with van der Waals surface area (Å²) in [4.78, 5) is 0. The van der Waals surface area contributed by atoms with Gasteiger partial charge in [-0.2, -0.15) is 0 Å². The zero-order chi connectivity index (χ0) is 13.0. The summed E-state index contributed by atoms with van der Waals surface area (Å²) in [7, 11) is 1.94. The van der Waals surface area contributed by atoms with Crippen molar-refractivity contribution < 1.29 is 4.74 Å². The Morgan fingerprint density at radius 2 is 1.89 bits per heavy atom. The van der Waals surface area contributed by atoms with Gasteiger partial charge in [0.2, 0.25) is 0 Å². The fourth-order valence-corrected chi connectivity index (χ4v) is 1.96. The first-order valence-corrected chi connectivity index (χ1v) is 6.17. The Balaban J connectivity index is 2.20. The topological polar surface area (TPSA) is 21.3 Å². The number of hydrogen-bond donors (Lipinski definition) is 1. The first-order chi connectivity index (χ1) is 8.69. The van der Waals surface area contributed by atoms with E-state index >= 15 is 0 Å². The molecule has 0 fully saturated rings. The van der Waals surface area contributed by atoms with E-state index in [1.165, 1.54) is 11.1 Å². The maximum Gasteiger partial charge on any atom is 0.130 e.